The van der Waals surface area contributed by atoms with Crippen molar-refractivity contribution in [2.75, 3.05) is 0 Å². The van der Waals surface area contributed by atoms with E-state index in [1.165, 1.54) is 44.9 Å². The molecule has 0 saturated heterocycles. The second-order valence-electron chi connectivity index (χ2n) is 4.63. The third kappa shape index (κ3) is 2.11. The number of allylic oxidation sites excluding steroid dienone is 2. The van der Waals surface area contributed by atoms with Crippen molar-refractivity contribution in [2.45, 2.75) is 51.9 Å². The predicted molar refractivity (Wildman–Crippen MR) is 66.0 cm³/mol. The van der Waals surface area contributed by atoms with Gasteiger partial charge < -0.3 is 0 Å². The normalized spacial score (nSPS) is 31.4. The van der Waals surface area contributed by atoms with E-state index in [4.69, 9.17) is 0 Å². The Labute approximate surface area is 95.3 Å². The zero-order valence-electron chi connectivity index (χ0n) is 8.48. The highest BCUT2D eigenvalue weighted by Crippen LogP contribution is 2.44. The van der Waals surface area contributed by atoms with Gasteiger partial charge >= 0.3 is 0 Å². The Morgan fingerprint density at radius 1 is 1.08 bits per heavy atom. The Kier molecular flexibility index (Phi) is 3.33. The van der Waals surface area contributed by atoms with Gasteiger partial charge in [-0.3, -0.25) is 0 Å². The van der Waals surface area contributed by atoms with Crippen molar-refractivity contribution in [1.82, 2.24) is 0 Å². The average molecular weight is 290 g/mol. The Balaban J connectivity index is 2.00. The van der Waals surface area contributed by atoms with Crippen LogP contribution in [0, 0.1) is 11.8 Å². The number of hydrogen-bond donors (Lipinski definition) is 0. The van der Waals surface area contributed by atoms with Gasteiger partial charge in [0.25, 0.3) is 0 Å². The van der Waals surface area contributed by atoms with Crippen molar-refractivity contribution in [1.29, 1.82) is 0 Å². The maximum absolute atomic E-state index is 2.55. The van der Waals surface area contributed by atoms with Gasteiger partial charge in [-0.2, -0.15) is 0 Å². The fourth-order valence-electron chi connectivity index (χ4n) is 3.02. The summed E-state index contributed by atoms with van der Waals surface area (Å²) in [4.78, 5) is 0. The molecular weight excluding hydrogens is 271 g/mol. The standard InChI is InChI=1S/C12H19I/c1-9-11(7-8-12(9)13)10-5-3-2-4-6-10/h10-11H,2-8H2,1H3/t11-/m0/s1. The van der Waals surface area contributed by atoms with Crippen LogP contribution in [0.25, 0.3) is 0 Å². The summed E-state index contributed by atoms with van der Waals surface area (Å²) in [5.74, 6) is 2.01. The Bertz CT molecular complexity index is 211. The molecular formula is C12H19I. The molecule has 0 unspecified atom stereocenters. The summed E-state index contributed by atoms with van der Waals surface area (Å²) in [6.45, 7) is 2.37. The van der Waals surface area contributed by atoms with Gasteiger partial charge in [0, 0.05) is 0 Å². The molecule has 0 aromatic rings. The quantitative estimate of drug-likeness (QED) is 0.615. The van der Waals surface area contributed by atoms with E-state index in [1.807, 2.05) is 0 Å². The minimum absolute atomic E-state index is 0.965. The molecule has 1 atom stereocenters. The van der Waals surface area contributed by atoms with Gasteiger partial charge in [-0.05, 0) is 70.6 Å². The first-order valence-electron chi connectivity index (χ1n) is 5.64. The molecule has 0 bridgehead atoms. The van der Waals surface area contributed by atoms with Crippen LogP contribution in [0.2, 0.25) is 0 Å². The lowest BCUT2D eigenvalue weighted by Crippen LogP contribution is -2.16. The molecule has 0 amide bonds. The summed E-state index contributed by atoms with van der Waals surface area (Å²) >= 11 is 2.55. The Hall–Kier alpha value is 0.470. The second-order valence-corrected chi connectivity index (χ2v) is 5.93. The summed E-state index contributed by atoms with van der Waals surface area (Å²) in [6.07, 6.45) is 10.3. The van der Waals surface area contributed by atoms with Crippen LogP contribution in [-0.2, 0) is 0 Å². The van der Waals surface area contributed by atoms with Crippen LogP contribution in [-0.4, -0.2) is 0 Å². The van der Waals surface area contributed by atoms with E-state index in [0.29, 0.717) is 0 Å². The Morgan fingerprint density at radius 3 is 2.31 bits per heavy atom. The first kappa shape index (κ1) is 10.0. The number of rotatable bonds is 1. The second kappa shape index (κ2) is 4.33. The first-order valence-corrected chi connectivity index (χ1v) is 6.72. The zero-order chi connectivity index (χ0) is 9.26. The smallest absolute Gasteiger partial charge is 0.0102 e. The summed E-state index contributed by atoms with van der Waals surface area (Å²) in [5, 5.41) is 0. The largest absolute Gasteiger partial charge is 0.0607 e. The lowest BCUT2D eigenvalue weighted by atomic mass is 9.77. The monoisotopic (exact) mass is 290 g/mol. The van der Waals surface area contributed by atoms with Gasteiger partial charge in [0.2, 0.25) is 0 Å². The first-order chi connectivity index (χ1) is 6.29. The van der Waals surface area contributed by atoms with E-state index in [9.17, 15) is 0 Å². The molecule has 0 aromatic carbocycles. The molecule has 74 valence electrons. The van der Waals surface area contributed by atoms with E-state index in [0.717, 1.165) is 11.8 Å². The summed E-state index contributed by atoms with van der Waals surface area (Å²) in [7, 11) is 0. The zero-order valence-corrected chi connectivity index (χ0v) is 10.6. The maximum Gasteiger partial charge on any atom is -0.0102 e. The van der Waals surface area contributed by atoms with E-state index in [2.05, 4.69) is 29.5 Å². The predicted octanol–water partition coefficient (Wildman–Crippen LogP) is 4.69. The van der Waals surface area contributed by atoms with Crippen molar-refractivity contribution in [3.8, 4) is 0 Å². The van der Waals surface area contributed by atoms with E-state index >= 15 is 0 Å². The van der Waals surface area contributed by atoms with Crippen LogP contribution < -0.4 is 0 Å². The third-order valence-electron chi connectivity index (χ3n) is 3.88. The highest BCUT2D eigenvalue weighted by Gasteiger charge is 2.29. The molecule has 2 aliphatic rings. The minimum Gasteiger partial charge on any atom is -0.0607 e. The number of hydrogen-bond acceptors (Lipinski definition) is 0. The van der Waals surface area contributed by atoms with Crippen LogP contribution in [0.4, 0.5) is 0 Å². The van der Waals surface area contributed by atoms with Crippen molar-refractivity contribution in [3.05, 3.63) is 9.15 Å². The van der Waals surface area contributed by atoms with Crippen molar-refractivity contribution in [3.63, 3.8) is 0 Å². The summed E-state index contributed by atoms with van der Waals surface area (Å²) < 4.78 is 1.66. The summed E-state index contributed by atoms with van der Waals surface area (Å²) in [5.41, 5.74) is 1.73. The molecule has 13 heavy (non-hydrogen) atoms. The van der Waals surface area contributed by atoms with Crippen LogP contribution in [0.5, 0.6) is 0 Å². The molecule has 0 nitrogen and oxygen atoms in total. The Morgan fingerprint density at radius 2 is 1.77 bits per heavy atom. The highest BCUT2D eigenvalue weighted by molar-refractivity contribution is 14.1. The van der Waals surface area contributed by atoms with Gasteiger partial charge in [-0.15, -0.1) is 0 Å². The van der Waals surface area contributed by atoms with E-state index < -0.39 is 0 Å². The van der Waals surface area contributed by atoms with Crippen LogP contribution in [0.3, 0.4) is 0 Å². The molecule has 1 saturated carbocycles. The molecule has 0 heterocycles. The molecule has 2 rings (SSSR count). The molecule has 0 radical (unpaired) electrons. The van der Waals surface area contributed by atoms with E-state index in [1.54, 1.807) is 9.15 Å². The molecule has 1 fully saturated rings. The molecule has 0 N–H and O–H groups in total. The fraction of sp³-hybridized carbons (Fsp3) is 0.833. The maximum atomic E-state index is 2.55. The number of halogens is 1. The molecule has 0 spiro atoms. The van der Waals surface area contributed by atoms with Crippen molar-refractivity contribution < 1.29 is 0 Å². The van der Waals surface area contributed by atoms with Gasteiger partial charge in [-0.1, -0.05) is 24.8 Å². The van der Waals surface area contributed by atoms with Gasteiger partial charge in [0.1, 0.15) is 0 Å². The lowest BCUT2D eigenvalue weighted by Gasteiger charge is -2.28. The third-order valence-corrected chi connectivity index (χ3v) is 5.27. The average Bonchev–Trinajstić information content (AvgIpc) is 2.49. The van der Waals surface area contributed by atoms with Crippen molar-refractivity contribution >= 4 is 22.6 Å². The van der Waals surface area contributed by atoms with Crippen molar-refractivity contribution in [2.24, 2.45) is 11.8 Å². The van der Waals surface area contributed by atoms with Crippen LogP contribution in [0.15, 0.2) is 9.15 Å². The van der Waals surface area contributed by atoms with E-state index in [-0.39, 0.29) is 0 Å². The molecule has 0 aromatic heterocycles. The minimum atomic E-state index is 0.965. The van der Waals surface area contributed by atoms with Gasteiger partial charge in [-0.25, -0.2) is 0 Å². The lowest BCUT2D eigenvalue weighted by molar-refractivity contribution is 0.275. The molecule has 1 heteroatoms. The topological polar surface area (TPSA) is 0 Å². The summed E-state index contributed by atoms with van der Waals surface area (Å²) in [6, 6.07) is 0. The highest BCUT2D eigenvalue weighted by atomic mass is 127. The van der Waals surface area contributed by atoms with Gasteiger partial charge in [0.15, 0.2) is 0 Å². The SMILES string of the molecule is CC1=C(I)CC[C@@H]1C1CCCCC1. The van der Waals surface area contributed by atoms with Crippen LogP contribution >= 0.6 is 22.6 Å². The molecule has 2 aliphatic carbocycles. The molecule has 0 aliphatic heterocycles. The fourth-order valence-corrected chi connectivity index (χ4v) is 3.73. The van der Waals surface area contributed by atoms with Crippen LogP contribution in [0.1, 0.15) is 51.9 Å². The van der Waals surface area contributed by atoms with Gasteiger partial charge in [0.05, 0.1) is 0 Å².